The van der Waals surface area contributed by atoms with Gasteiger partial charge in [-0.15, -0.1) is 0 Å². The molecule has 1 amide bonds. The van der Waals surface area contributed by atoms with Crippen molar-refractivity contribution in [3.05, 3.63) is 117 Å². The molecule has 1 saturated heterocycles. The summed E-state index contributed by atoms with van der Waals surface area (Å²) in [7, 11) is 0. The minimum atomic E-state index is -0.783. The monoisotopic (exact) mass is 605 g/mol. The molecule has 2 aromatic heterocycles. The van der Waals surface area contributed by atoms with Crippen LogP contribution in [0.25, 0.3) is 22.3 Å². The molecule has 0 bridgehead atoms. The molecular formula is C36H39N5O4. The molecule has 9 heteroatoms. The summed E-state index contributed by atoms with van der Waals surface area (Å²) in [5.41, 5.74) is 3.99. The predicted octanol–water partition coefficient (Wildman–Crippen LogP) is 5.45. The number of amides is 1. The van der Waals surface area contributed by atoms with E-state index in [0.717, 1.165) is 42.0 Å². The summed E-state index contributed by atoms with van der Waals surface area (Å²) in [4.78, 5) is 47.6. The second-order valence-electron chi connectivity index (χ2n) is 11.4. The maximum Gasteiger partial charge on any atom is 0.331 e. The molecule has 0 spiro atoms. The summed E-state index contributed by atoms with van der Waals surface area (Å²) >= 11 is 0. The Kier molecular flexibility index (Phi) is 8.86. The summed E-state index contributed by atoms with van der Waals surface area (Å²) in [6.45, 7) is 7.61. The van der Waals surface area contributed by atoms with Gasteiger partial charge in [0.25, 0.3) is 11.5 Å². The van der Waals surface area contributed by atoms with Crippen LogP contribution >= 0.6 is 0 Å². The maximum atomic E-state index is 13.9. The number of aromatic nitrogens is 3. The molecule has 6 rings (SSSR count). The van der Waals surface area contributed by atoms with Crippen LogP contribution in [-0.2, 0) is 17.9 Å². The standard InChI is InChI=1S/C36H39N5O4/c1-3-19-40-31-25-30(37-32(31)34(42)41(20-4-2)36(40)44)26-15-17-29(18-16-26)45-33(27-11-7-5-8-12-27)35(43)39-23-21-38(22-24-39)28-13-9-6-10-14-28/h5-18,25,33,37H,3-4,19-24H2,1-2H3. The number of piperazine rings is 1. The molecule has 1 unspecified atom stereocenters. The lowest BCUT2D eigenvalue weighted by Gasteiger charge is -2.37. The summed E-state index contributed by atoms with van der Waals surface area (Å²) in [5.74, 6) is 0.499. The van der Waals surface area contributed by atoms with E-state index in [1.165, 1.54) is 4.57 Å². The van der Waals surface area contributed by atoms with Crippen LogP contribution in [0.15, 0.2) is 101 Å². The Morgan fingerprint density at radius 3 is 2.07 bits per heavy atom. The summed E-state index contributed by atoms with van der Waals surface area (Å²) < 4.78 is 9.39. The molecule has 1 N–H and O–H groups in total. The molecule has 5 aromatic rings. The highest BCUT2D eigenvalue weighted by molar-refractivity contribution is 5.84. The van der Waals surface area contributed by atoms with Crippen LogP contribution in [-0.4, -0.2) is 51.1 Å². The van der Waals surface area contributed by atoms with E-state index in [9.17, 15) is 14.4 Å². The average molecular weight is 606 g/mol. The van der Waals surface area contributed by atoms with Crippen LogP contribution in [0.5, 0.6) is 5.75 Å². The molecule has 1 aliphatic heterocycles. The number of hydrogen-bond donors (Lipinski definition) is 1. The number of nitrogens with one attached hydrogen (secondary N) is 1. The zero-order valence-corrected chi connectivity index (χ0v) is 25.8. The van der Waals surface area contributed by atoms with Gasteiger partial charge in [-0.25, -0.2) is 4.79 Å². The van der Waals surface area contributed by atoms with E-state index in [2.05, 4.69) is 22.0 Å². The first-order valence-electron chi connectivity index (χ1n) is 15.8. The number of carbonyl (C=O) groups is 1. The Hall–Kier alpha value is -5.05. The molecule has 45 heavy (non-hydrogen) atoms. The van der Waals surface area contributed by atoms with Crippen molar-refractivity contribution in [3.8, 4) is 17.0 Å². The van der Waals surface area contributed by atoms with Crippen LogP contribution in [0.4, 0.5) is 5.69 Å². The van der Waals surface area contributed by atoms with Gasteiger partial charge in [0.15, 0.2) is 0 Å². The van der Waals surface area contributed by atoms with Gasteiger partial charge in [0.2, 0.25) is 6.10 Å². The highest BCUT2D eigenvalue weighted by Gasteiger charge is 2.30. The van der Waals surface area contributed by atoms with Gasteiger partial charge in [-0.1, -0.05) is 62.4 Å². The summed E-state index contributed by atoms with van der Waals surface area (Å²) in [6, 6.07) is 29.2. The number of rotatable bonds is 10. The normalized spacial score (nSPS) is 14.1. The minimum Gasteiger partial charge on any atom is -0.476 e. The lowest BCUT2D eigenvalue weighted by molar-refractivity contribution is -0.139. The van der Waals surface area contributed by atoms with Gasteiger partial charge in [-0.05, 0) is 60.9 Å². The van der Waals surface area contributed by atoms with Gasteiger partial charge in [-0.2, -0.15) is 0 Å². The molecule has 1 atom stereocenters. The SMILES string of the molecule is CCCn1c(=O)c2[nH]c(-c3ccc(OC(C(=O)N4CCN(c5ccccc5)CC4)c4ccccc4)cc3)cc2n(CCC)c1=O. The maximum absolute atomic E-state index is 13.9. The van der Waals surface area contributed by atoms with Gasteiger partial charge in [-0.3, -0.25) is 18.7 Å². The van der Waals surface area contributed by atoms with Crippen molar-refractivity contribution in [1.29, 1.82) is 0 Å². The number of para-hydroxylation sites is 1. The largest absolute Gasteiger partial charge is 0.476 e. The second kappa shape index (κ2) is 13.3. The molecule has 232 valence electrons. The van der Waals surface area contributed by atoms with E-state index < -0.39 is 6.10 Å². The topological polar surface area (TPSA) is 92.6 Å². The summed E-state index contributed by atoms with van der Waals surface area (Å²) in [6.07, 6.45) is 0.683. The van der Waals surface area contributed by atoms with Gasteiger partial charge in [0, 0.05) is 56.2 Å². The van der Waals surface area contributed by atoms with Crippen molar-refractivity contribution in [2.24, 2.45) is 0 Å². The quantitative estimate of drug-likeness (QED) is 0.229. The first-order chi connectivity index (χ1) is 22.0. The van der Waals surface area contributed by atoms with Crippen LogP contribution in [0, 0.1) is 0 Å². The van der Waals surface area contributed by atoms with Gasteiger partial charge < -0.3 is 19.5 Å². The number of H-pyrrole nitrogens is 1. The summed E-state index contributed by atoms with van der Waals surface area (Å²) in [5, 5.41) is 0. The zero-order valence-electron chi connectivity index (χ0n) is 25.8. The highest BCUT2D eigenvalue weighted by atomic mass is 16.5. The number of benzene rings is 3. The molecule has 1 aliphatic rings. The van der Waals surface area contributed by atoms with Crippen molar-refractivity contribution in [2.75, 3.05) is 31.1 Å². The lowest BCUT2D eigenvalue weighted by atomic mass is 10.1. The lowest BCUT2D eigenvalue weighted by Crippen LogP contribution is -2.50. The van der Waals surface area contributed by atoms with Crippen LogP contribution in [0.1, 0.15) is 38.4 Å². The Labute approximate surface area is 262 Å². The Bertz CT molecular complexity index is 1870. The minimum absolute atomic E-state index is 0.0640. The smallest absolute Gasteiger partial charge is 0.331 e. The molecule has 0 saturated carbocycles. The van der Waals surface area contributed by atoms with Gasteiger partial charge in [0.1, 0.15) is 11.3 Å². The third-order valence-corrected chi connectivity index (χ3v) is 8.36. The fraction of sp³-hybridized carbons (Fsp3) is 0.306. The van der Waals surface area contributed by atoms with Crippen molar-refractivity contribution in [2.45, 2.75) is 45.9 Å². The second-order valence-corrected chi connectivity index (χ2v) is 11.4. The average Bonchev–Trinajstić information content (AvgIpc) is 3.54. The number of carbonyl (C=O) groups excluding carboxylic acids is 1. The fourth-order valence-electron chi connectivity index (χ4n) is 6.03. The Morgan fingerprint density at radius 2 is 1.42 bits per heavy atom. The number of aryl methyl sites for hydroxylation is 1. The van der Waals surface area contributed by atoms with E-state index in [0.29, 0.717) is 49.4 Å². The molecule has 1 fully saturated rings. The third kappa shape index (κ3) is 6.16. The van der Waals surface area contributed by atoms with Crippen LogP contribution < -0.4 is 20.9 Å². The molecule has 3 aromatic carbocycles. The van der Waals surface area contributed by atoms with Crippen molar-refractivity contribution < 1.29 is 9.53 Å². The Balaban J connectivity index is 1.24. The molecule has 9 nitrogen and oxygen atoms in total. The van der Waals surface area contributed by atoms with Gasteiger partial charge >= 0.3 is 5.69 Å². The number of ether oxygens (including phenoxy) is 1. The first-order valence-corrected chi connectivity index (χ1v) is 15.8. The molecular weight excluding hydrogens is 566 g/mol. The van der Waals surface area contributed by atoms with Crippen molar-refractivity contribution in [1.82, 2.24) is 19.0 Å². The van der Waals surface area contributed by atoms with E-state index in [1.54, 1.807) is 4.57 Å². The first kappa shape index (κ1) is 30.0. The number of aromatic amines is 1. The van der Waals surface area contributed by atoms with Crippen molar-refractivity contribution in [3.63, 3.8) is 0 Å². The third-order valence-electron chi connectivity index (χ3n) is 8.36. The van der Waals surface area contributed by atoms with Crippen LogP contribution in [0.2, 0.25) is 0 Å². The van der Waals surface area contributed by atoms with E-state index >= 15 is 0 Å². The van der Waals surface area contributed by atoms with Crippen molar-refractivity contribution >= 4 is 22.6 Å². The molecule has 3 heterocycles. The predicted molar refractivity (Wildman–Crippen MR) is 178 cm³/mol. The van der Waals surface area contributed by atoms with E-state index in [-0.39, 0.29) is 17.2 Å². The highest BCUT2D eigenvalue weighted by Crippen LogP contribution is 2.29. The zero-order chi connectivity index (χ0) is 31.3. The van der Waals surface area contributed by atoms with E-state index in [1.807, 2.05) is 97.6 Å². The molecule has 0 aliphatic carbocycles. The number of nitrogens with zero attached hydrogens (tertiary/aromatic N) is 4. The Morgan fingerprint density at radius 1 is 0.800 bits per heavy atom. The number of fused-ring (bicyclic) bond motifs is 1. The van der Waals surface area contributed by atoms with Gasteiger partial charge in [0.05, 0.1) is 5.52 Å². The molecule has 0 radical (unpaired) electrons. The fourth-order valence-corrected chi connectivity index (χ4v) is 6.03. The number of anilines is 1. The van der Waals surface area contributed by atoms with Crippen LogP contribution in [0.3, 0.4) is 0 Å². The number of hydrogen-bond acceptors (Lipinski definition) is 5. The van der Waals surface area contributed by atoms with E-state index in [4.69, 9.17) is 4.74 Å².